The average molecular weight is 500 g/mol. The van der Waals surface area contributed by atoms with Crippen molar-refractivity contribution in [3.63, 3.8) is 0 Å². The Morgan fingerprint density at radius 2 is 1.89 bits per heavy atom. The smallest absolute Gasteiger partial charge is 0.318 e. The number of aromatic nitrogens is 1. The standard InChI is InChI=1S/C31H37N3O3/c1-3-7-22(8-4-2)28-25-12-11-21(19-35)17-27(25)34-20-31(32-30(36)33-13-15-37-16-14-33)18-26(31)23-9-5-6-10-24(23)29(28)34/h5-6,9-12,17,19,22,26H,3-4,7-8,13-16,18,20H2,1-2H3,(H,32,36). The van der Waals surface area contributed by atoms with Gasteiger partial charge in [0, 0.05) is 47.6 Å². The zero-order valence-electron chi connectivity index (χ0n) is 22.0. The molecule has 6 nitrogen and oxygen atoms in total. The van der Waals surface area contributed by atoms with Crippen LogP contribution in [0.1, 0.15) is 79.3 Å². The Morgan fingerprint density at radius 1 is 1.14 bits per heavy atom. The van der Waals surface area contributed by atoms with Gasteiger partial charge in [-0.25, -0.2) is 4.79 Å². The van der Waals surface area contributed by atoms with Gasteiger partial charge in [0.2, 0.25) is 0 Å². The molecule has 2 atom stereocenters. The maximum atomic E-state index is 13.4. The van der Waals surface area contributed by atoms with Crippen LogP contribution in [0.25, 0.3) is 22.2 Å². The highest BCUT2D eigenvalue weighted by atomic mass is 16.5. The highest BCUT2D eigenvalue weighted by Crippen LogP contribution is 2.59. The number of ether oxygens (including phenoxy) is 1. The summed E-state index contributed by atoms with van der Waals surface area (Å²) in [6, 6.07) is 14.9. The van der Waals surface area contributed by atoms with Gasteiger partial charge in [-0.1, -0.05) is 63.1 Å². The Morgan fingerprint density at radius 3 is 2.62 bits per heavy atom. The van der Waals surface area contributed by atoms with Crippen molar-refractivity contribution in [3.05, 3.63) is 59.2 Å². The molecule has 37 heavy (non-hydrogen) atoms. The van der Waals surface area contributed by atoms with E-state index in [4.69, 9.17) is 4.74 Å². The van der Waals surface area contributed by atoms with Gasteiger partial charge in [0.05, 0.1) is 24.4 Å². The monoisotopic (exact) mass is 499 g/mol. The first-order valence-electron chi connectivity index (χ1n) is 14.0. The van der Waals surface area contributed by atoms with E-state index in [-0.39, 0.29) is 17.5 Å². The van der Waals surface area contributed by atoms with E-state index in [1.165, 1.54) is 27.8 Å². The summed E-state index contributed by atoms with van der Waals surface area (Å²) in [6.07, 6.45) is 6.41. The third kappa shape index (κ3) is 4.06. The number of rotatable bonds is 7. The first-order chi connectivity index (χ1) is 18.1. The molecular weight excluding hydrogens is 462 g/mol. The first-order valence-corrected chi connectivity index (χ1v) is 14.0. The molecule has 0 spiro atoms. The number of hydrogen-bond acceptors (Lipinski definition) is 3. The molecule has 0 bridgehead atoms. The van der Waals surface area contributed by atoms with Crippen molar-refractivity contribution in [3.8, 4) is 11.3 Å². The summed E-state index contributed by atoms with van der Waals surface area (Å²) < 4.78 is 7.90. The Kier molecular flexibility index (Phi) is 6.31. The first kappa shape index (κ1) is 24.2. The van der Waals surface area contributed by atoms with E-state index in [0.29, 0.717) is 44.3 Å². The van der Waals surface area contributed by atoms with Crippen LogP contribution >= 0.6 is 0 Å². The molecule has 6 heteroatoms. The molecule has 0 radical (unpaired) electrons. The summed E-state index contributed by atoms with van der Waals surface area (Å²) >= 11 is 0. The summed E-state index contributed by atoms with van der Waals surface area (Å²) in [7, 11) is 0. The third-order valence-electron chi connectivity index (χ3n) is 8.71. The van der Waals surface area contributed by atoms with Gasteiger partial charge in [0.1, 0.15) is 6.29 Å². The molecule has 2 fully saturated rings. The topological polar surface area (TPSA) is 63.6 Å². The molecule has 1 aromatic heterocycles. The van der Waals surface area contributed by atoms with Gasteiger partial charge in [-0.05, 0) is 42.4 Å². The van der Waals surface area contributed by atoms with E-state index in [1.807, 2.05) is 17.0 Å². The van der Waals surface area contributed by atoms with Crippen LogP contribution in [0, 0.1) is 0 Å². The van der Waals surface area contributed by atoms with Gasteiger partial charge in [0.15, 0.2) is 0 Å². The van der Waals surface area contributed by atoms with E-state index in [0.717, 1.165) is 43.9 Å². The van der Waals surface area contributed by atoms with Crippen molar-refractivity contribution in [2.45, 2.75) is 69.9 Å². The maximum Gasteiger partial charge on any atom is 0.318 e. The molecule has 1 saturated heterocycles. The lowest BCUT2D eigenvalue weighted by Gasteiger charge is -2.30. The Balaban J connectivity index is 1.53. The normalized spacial score (nSPS) is 22.2. The number of carbonyl (C=O) groups excluding carboxylic acids is 2. The van der Waals surface area contributed by atoms with Crippen LogP contribution < -0.4 is 5.32 Å². The molecule has 2 aromatic carbocycles. The van der Waals surface area contributed by atoms with Crippen LogP contribution in [-0.4, -0.2) is 53.6 Å². The quantitative estimate of drug-likeness (QED) is 0.400. The number of morpholine rings is 1. The van der Waals surface area contributed by atoms with Gasteiger partial charge >= 0.3 is 6.03 Å². The lowest BCUT2D eigenvalue weighted by Crippen LogP contribution is -2.51. The number of benzene rings is 2. The van der Waals surface area contributed by atoms with Crippen LogP contribution in [-0.2, 0) is 11.3 Å². The molecule has 2 unspecified atom stereocenters. The Bertz CT molecular complexity index is 1330. The largest absolute Gasteiger partial charge is 0.378 e. The number of hydrogen-bond donors (Lipinski definition) is 1. The summed E-state index contributed by atoms with van der Waals surface area (Å²) in [5.41, 5.74) is 6.78. The second-order valence-electron chi connectivity index (χ2n) is 11.0. The van der Waals surface area contributed by atoms with Crippen molar-refractivity contribution in [2.75, 3.05) is 26.3 Å². The van der Waals surface area contributed by atoms with Crippen molar-refractivity contribution in [2.24, 2.45) is 0 Å². The number of amides is 2. The molecule has 194 valence electrons. The molecular formula is C31H37N3O3. The van der Waals surface area contributed by atoms with Crippen LogP contribution in [0.3, 0.4) is 0 Å². The van der Waals surface area contributed by atoms with Gasteiger partial charge in [-0.3, -0.25) is 4.79 Å². The highest BCUT2D eigenvalue weighted by Gasteiger charge is 2.59. The maximum absolute atomic E-state index is 13.4. The molecule has 3 aliphatic rings. The van der Waals surface area contributed by atoms with E-state index >= 15 is 0 Å². The Labute approximate surface area is 219 Å². The highest BCUT2D eigenvalue weighted by molar-refractivity contribution is 5.96. The van der Waals surface area contributed by atoms with E-state index < -0.39 is 0 Å². The minimum Gasteiger partial charge on any atom is -0.378 e. The molecule has 1 saturated carbocycles. The van der Waals surface area contributed by atoms with E-state index in [1.54, 1.807) is 0 Å². The molecule has 3 aromatic rings. The van der Waals surface area contributed by atoms with Gasteiger partial charge in [0.25, 0.3) is 0 Å². The van der Waals surface area contributed by atoms with Gasteiger partial charge in [-0.2, -0.15) is 0 Å². The van der Waals surface area contributed by atoms with Crippen LogP contribution in [0.5, 0.6) is 0 Å². The van der Waals surface area contributed by atoms with E-state index in [9.17, 15) is 9.59 Å². The second-order valence-corrected chi connectivity index (χ2v) is 11.0. The van der Waals surface area contributed by atoms with Crippen molar-refractivity contribution < 1.29 is 14.3 Å². The molecule has 2 amide bonds. The number of nitrogens with zero attached hydrogens (tertiary/aromatic N) is 2. The zero-order chi connectivity index (χ0) is 25.6. The molecule has 1 aliphatic carbocycles. The van der Waals surface area contributed by atoms with Crippen molar-refractivity contribution >= 4 is 23.2 Å². The van der Waals surface area contributed by atoms with E-state index in [2.05, 4.69) is 54.1 Å². The molecule has 3 heterocycles. The number of aldehydes is 1. The fourth-order valence-electron chi connectivity index (χ4n) is 6.89. The average Bonchev–Trinajstić information content (AvgIpc) is 3.56. The molecule has 1 N–H and O–H groups in total. The number of urea groups is 1. The van der Waals surface area contributed by atoms with Crippen molar-refractivity contribution in [1.29, 1.82) is 0 Å². The minimum absolute atomic E-state index is 0.00633. The third-order valence-corrected chi connectivity index (χ3v) is 8.71. The summed E-state index contributed by atoms with van der Waals surface area (Å²) in [5, 5.41) is 4.73. The fraction of sp³-hybridized carbons (Fsp3) is 0.484. The summed E-state index contributed by atoms with van der Waals surface area (Å²) in [6.45, 7) is 7.68. The van der Waals surface area contributed by atoms with Gasteiger partial charge in [-0.15, -0.1) is 0 Å². The summed E-state index contributed by atoms with van der Waals surface area (Å²) in [4.78, 5) is 27.1. The van der Waals surface area contributed by atoms with Gasteiger partial charge < -0.3 is 19.5 Å². The van der Waals surface area contributed by atoms with Crippen LogP contribution in [0.15, 0.2) is 42.5 Å². The van der Waals surface area contributed by atoms with Crippen LogP contribution in [0.2, 0.25) is 0 Å². The van der Waals surface area contributed by atoms with Crippen molar-refractivity contribution in [1.82, 2.24) is 14.8 Å². The fourth-order valence-corrected chi connectivity index (χ4v) is 6.89. The van der Waals surface area contributed by atoms with Crippen LogP contribution in [0.4, 0.5) is 4.79 Å². The predicted octanol–water partition coefficient (Wildman–Crippen LogP) is 6.09. The number of nitrogens with one attached hydrogen (secondary N) is 1. The molecule has 2 aliphatic heterocycles. The SMILES string of the molecule is CCCC(CCC)c1c2n(c3cc(C=O)ccc13)CC1(NC(=O)N3CCOCC3)CC1c1ccccc1-2. The lowest BCUT2D eigenvalue weighted by molar-refractivity contribution is 0.0520. The second kappa shape index (κ2) is 9.64. The minimum atomic E-state index is -0.331. The molecule has 6 rings (SSSR count). The predicted molar refractivity (Wildman–Crippen MR) is 146 cm³/mol. The number of carbonyl (C=O) groups is 2. The summed E-state index contributed by atoms with van der Waals surface area (Å²) in [5.74, 6) is 0.735. The number of fused-ring (bicyclic) bond motifs is 7. The Hall–Kier alpha value is -3.12. The zero-order valence-corrected chi connectivity index (χ0v) is 22.0. The lowest BCUT2D eigenvalue weighted by atomic mass is 9.85.